The summed E-state index contributed by atoms with van der Waals surface area (Å²) in [4.78, 5) is 31.6. The Balaban J connectivity index is 1.91. The molecule has 6 nitrogen and oxygen atoms in total. The van der Waals surface area contributed by atoms with E-state index in [2.05, 4.69) is 11.6 Å². The van der Waals surface area contributed by atoms with Crippen LogP contribution in [0.5, 0.6) is 5.75 Å². The predicted molar refractivity (Wildman–Crippen MR) is 129 cm³/mol. The van der Waals surface area contributed by atoms with Crippen LogP contribution >= 0.6 is 22.9 Å². The smallest absolute Gasteiger partial charge is 0.338 e. The zero-order chi connectivity index (χ0) is 23.5. The number of thiazole rings is 1. The van der Waals surface area contributed by atoms with Gasteiger partial charge in [0.15, 0.2) is 4.80 Å². The monoisotopic (exact) mass is 480 g/mol. The zero-order valence-corrected chi connectivity index (χ0v) is 19.7. The van der Waals surface area contributed by atoms with Crippen LogP contribution in [0.2, 0.25) is 5.02 Å². The molecule has 0 spiro atoms. The molecule has 0 fully saturated rings. The molecule has 1 unspecified atom stereocenters. The van der Waals surface area contributed by atoms with Gasteiger partial charge in [0.2, 0.25) is 0 Å². The number of aromatic nitrogens is 1. The molecule has 0 saturated heterocycles. The van der Waals surface area contributed by atoms with Crippen LogP contribution in [-0.4, -0.2) is 24.3 Å². The van der Waals surface area contributed by atoms with E-state index in [1.54, 1.807) is 48.9 Å². The van der Waals surface area contributed by atoms with Crippen molar-refractivity contribution in [3.8, 4) is 5.75 Å². The lowest BCUT2D eigenvalue weighted by Crippen LogP contribution is -2.39. The number of hydrogen-bond acceptors (Lipinski definition) is 6. The summed E-state index contributed by atoms with van der Waals surface area (Å²) < 4.78 is 12.6. The first-order valence-corrected chi connectivity index (χ1v) is 11.3. The first kappa shape index (κ1) is 22.8. The molecule has 8 heteroatoms. The lowest BCUT2D eigenvalue weighted by Gasteiger charge is -2.24. The van der Waals surface area contributed by atoms with Crippen molar-refractivity contribution in [2.45, 2.75) is 13.0 Å². The minimum absolute atomic E-state index is 0.0614. The summed E-state index contributed by atoms with van der Waals surface area (Å²) in [6.45, 7) is 5.40. The molecular weight excluding hydrogens is 460 g/mol. The molecule has 33 heavy (non-hydrogen) atoms. The van der Waals surface area contributed by atoms with Gasteiger partial charge in [-0.2, -0.15) is 0 Å². The Morgan fingerprint density at radius 1 is 1.21 bits per heavy atom. The van der Waals surface area contributed by atoms with Crippen LogP contribution in [0.3, 0.4) is 0 Å². The Bertz CT molecular complexity index is 1420. The normalized spacial score (nSPS) is 15.6. The van der Waals surface area contributed by atoms with Gasteiger partial charge in [0.25, 0.3) is 5.56 Å². The first-order chi connectivity index (χ1) is 15.9. The van der Waals surface area contributed by atoms with Crippen LogP contribution in [0, 0.1) is 0 Å². The minimum Gasteiger partial charge on any atom is -0.497 e. The number of halogens is 1. The lowest BCUT2D eigenvalue weighted by atomic mass is 9.96. The summed E-state index contributed by atoms with van der Waals surface area (Å²) in [6.07, 6.45) is 3.29. The van der Waals surface area contributed by atoms with E-state index in [-0.39, 0.29) is 12.2 Å². The van der Waals surface area contributed by atoms with Crippen LogP contribution in [0.1, 0.15) is 24.1 Å². The molecular formula is C25H21ClN2O4S. The van der Waals surface area contributed by atoms with Gasteiger partial charge in [0.1, 0.15) is 12.4 Å². The van der Waals surface area contributed by atoms with Crippen molar-refractivity contribution < 1.29 is 14.3 Å². The number of hydrogen-bond donors (Lipinski definition) is 0. The van der Waals surface area contributed by atoms with Gasteiger partial charge in [0, 0.05) is 5.02 Å². The van der Waals surface area contributed by atoms with Crippen molar-refractivity contribution in [1.82, 2.24) is 4.57 Å². The van der Waals surface area contributed by atoms with E-state index in [0.29, 0.717) is 31.4 Å². The highest BCUT2D eigenvalue weighted by Gasteiger charge is 2.33. The van der Waals surface area contributed by atoms with E-state index in [0.717, 1.165) is 11.1 Å². The molecule has 2 heterocycles. The zero-order valence-electron chi connectivity index (χ0n) is 18.1. The van der Waals surface area contributed by atoms with Crippen molar-refractivity contribution in [1.29, 1.82) is 0 Å². The Morgan fingerprint density at radius 3 is 2.55 bits per heavy atom. The van der Waals surface area contributed by atoms with Crippen molar-refractivity contribution in [2.75, 3.05) is 13.7 Å². The van der Waals surface area contributed by atoms with Gasteiger partial charge in [-0.3, -0.25) is 9.36 Å². The van der Waals surface area contributed by atoms with Gasteiger partial charge in [-0.1, -0.05) is 59.9 Å². The summed E-state index contributed by atoms with van der Waals surface area (Å²) >= 11 is 7.25. The van der Waals surface area contributed by atoms with E-state index < -0.39 is 12.0 Å². The lowest BCUT2D eigenvalue weighted by molar-refractivity contribution is -0.138. The van der Waals surface area contributed by atoms with Crippen LogP contribution < -0.4 is 19.6 Å². The predicted octanol–water partition coefficient (Wildman–Crippen LogP) is 3.63. The number of nitrogens with zero attached hydrogens (tertiary/aromatic N) is 2. The number of allylic oxidation sites excluding steroid dienone is 1. The van der Waals surface area contributed by atoms with E-state index in [4.69, 9.17) is 21.1 Å². The van der Waals surface area contributed by atoms with Crippen molar-refractivity contribution in [2.24, 2.45) is 4.99 Å². The summed E-state index contributed by atoms with van der Waals surface area (Å²) in [7, 11) is 1.58. The summed E-state index contributed by atoms with van der Waals surface area (Å²) in [6, 6.07) is 13.8. The molecule has 168 valence electrons. The molecule has 1 aromatic heterocycles. The fourth-order valence-corrected chi connectivity index (χ4v) is 4.78. The van der Waals surface area contributed by atoms with Crippen molar-refractivity contribution in [3.63, 3.8) is 0 Å². The quantitative estimate of drug-likeness (QED) is 0.399. The van der Waals surface area contributed by atoms with Crippen LogP contribution in [-0.2, 0) is 9.53 Å². The molecule has 0 radical (unpaired) electrons. The number of benzene rings is 2. The van der Waals surface area contributed by atoms with E-state index in [1.807, 2.05) is 24.3 Å². The number of carbonyl (C=O) groups is 1. The van der Waals surface area contributed by atoms with Gasteiger partial charge in [-0.25, -0.2) is 9.79 Å². The second-order valence-corrected chi connectivity index (χ2v) is 8.74. The Labute approximate surface area is 199 Å². The highest BCUT2D eigenvalue weighted by atomic mass is 35.5. The maximum Gasteiger partial charge on any atom is 0.338 e. The summed E-state index contributed by atoms with van der Waals surface area (Å²) in [5.41, 5.74) is 2.16. The number of esters is 1. The summed E-state index contributed by atoms with van der Waals surface area (Å²) in [5.74, 6) is 0.134. The Morgan fingerprint density at radius 2 is 1.91 bits per heavy atom. The maximum atomic E-state index is 13.5. The number of methoxy groups -OCH3 is 1. The molecule has 0 amide bonds. The third-order valence-electron chi connectivity index (χ3n) is 5.17. The fraction of sp³-hybridized carbons (Fsp3) is 0.160. The highest BCUT2D eigenvalue weighted by Crippen LogP contribution is 2.31. The van der Waals surface area contributed by atoms with Gasteiger partial charge in [0.05, 0.1) is 29.0 Å². The van der Waals surface area contributed by atoms with Gasteiger partial charge in [-0.15, -0.1) is 0 Å². The van der Waals surface area contributed by atoms with Crippen LogP contribution in [0.4, 0.5) is 0 Å². The standard InChI is InChI=1S/C25H21ClN2O4S/c1-4-13-32-24(30)21-15(2)27-25-28(22(21)17-7-11-19(31-3)12-8-17)23(29)20(33-25)14-16-5-9-18(26)10-6-16/h4-12,14,22H,1,13H2,2-3H3. The largest absolute Gasteiger partial charge is 0.497 e. The number of carbonyl (C=O) groups excluding carboxylic acids is 1. The first-order valence-electron chi connectivity index (χ1n) is 10.1. The van der Waals surface area contributed by atoms with Crippen LogP contribution in [0.15, 0.2) is 82.2 Å². The molecule has 0 bridgehead atoms. The maximum absolute atomic E-state index is 13.5. The average Bonchev–Trinajstić information content (AvgIpc) is 3.12. The second kappa shape index (κ2) is 9.60. The molecule has 1 aliphatic heterocycles. The molecule has 0 N–H and O–H groups in total. The van der Waals surface area contributed by atoms with Gasteiger partial charge in [-0.05, 0) is 48.4 Å². The molecule has 2 aromatic carbocycles. The number of ether oxygens (including phenoxy) is 2. The fourth-order valence-electron chi connectivity index (χ4n) is 3.61. The second-order valence-electron chi connectivity index (χ2n) is 7.29. The molecule has 1 atom stereocenters. The van der Waals surface area contributed by atoms with Gasteiger partial charge < -0.3 is 9.47 Å². The third-order valence-corrected chi connectivity index (χ3v) is 6.41. The Hall–Kier alpha value is -3.42. The third kappa shape index (κ3) is 4.55. The molecule has 0 saturated carbocycles. The minimum atomic E-state index is -0.683. The molecule has 3 aromatic rings. The van der Waals surface area contributed by atoms with E-state index in [1.165, 1.54) is 17.4 Å². The molecule has 4 rings (SSSR count). The number of fused-ring (bicyclic) bond motifs is 1. The molecule has 1 aliphatic rings. The SMILES string of the molecule is C=CCOC(=O)C1=C(C)N=c2sc(=Cc3ccc(Cl)cc3)c(=O)n2C1c1ccc(OC)cc1. The number of rotatable bonds is 6. The summed E-state index contributed by atoms with van der Waals surface area (Å²) in [5, 5.41) is 0.617. The van der Waals surface area contributed by atoms with Crippen molar-refractivity contribution >= 4 is 35.0 Å². The highest BCUT2D eigenvalue weighted by molar-refractivity contribution is 7.07. The Kier molecular flexibility index (Phi) is 6.62. The van der Waals surface area contributed by atoms with E-state index in [9.17, 15) is 9.59 Å². The van der Waals surface area contributed by atoms with Crippen molar-refractivity contribution in [3.05, 3.63) is 108 Å². The van der Waals surface area contributed by atoms with Crippen LogP contribution in [0.25, 0.3) is 6.08 Å². The van der Waals surface area contributed by atoms with Gasteiger partial charge >= 0.3 is 5.97 Å². The molecule has 0 aliphatic carbocycles. The topological polar surface area (TPSA) is 69.9 Å². The average molecular weight is 481 g/mol. The van der Waals surface area contributed by atoms with E-state index >= 15 is 0 Å².